The zero-order valence-electron chi connectivity index (χ0n) is 15.5. The molecule has 4 rings (SSSR count). The van der Waals surface area contributed by atoms with Crippen LogP contribution >= 0.6 is 0 Å². The van der Waals surface area contributed by atoms with Crippen molar-refractivity contribution in [2.75, 3.05) is 11.8 Å². The van der Waals surface area contributed by atoms with Gasteiger partial charge >= 0.3 is 0 Å². The standard InChI is InChI=1S/C21H19N3O3S/c1-15-4-3-13-24-14-20(22-21(15)24)16-5-7-17(8-6-16)23-28(25,26)19-11-9-18(27-2)10-12-19/h3-14,23H,1-2H3. The number of nitrogens with one attached hydrogen (secondary N) is 1. The second-order valence-electron chi connectivity index (χ2n) is 6.41. The van der Waals surface area contributed by atoms with Crippen LogP contribution < -0.4 is 9.46 Å². The van der Waals surface area contributed by atoms with Gasteiger partial charge in [0.05, 0.1) is 17.7 Å². The lowest BCUT2D eigenvalue weighted by Crippen LogP contribution is -2.12. The summed E-state index contributed by atoms with van der Waals surface area (Å²) in [6.07, 6.45) is 3.91. The van der Waals surface area contributed by atoms with Crippen molar-refractivity contribution in [1.29, 1.82) is 0 Å². The Balaban J connectivity index is 1.57. The molecule has 7 heteroatoms. The molecule has 6 nitrogen and oxygen atoms in total. The first-order valence-electron chi connectivity index (χ1n) is 8.68. The summed E-state index contributed by atoms with van der Waals surface area (Å²) in [5.74, 6) is 0.603. The molecule has 0 aliphatic carbocycles. The topological polar surface area (TPSA) is 72.7 Å². The maximum absolute atomic E-state index is 12.5. The molecule has 142 valence electrons. The maximum atomic E-state index is 12.5. The summed E-state index contributed by atoms with van der Waals surface area (Å²) in [7, 11) is -2.13. The fourth-order valence-electron chi connectivity index (χ4n) is 2.97. The van der Waals surface area contributed by atoms with E-state index in [0.717, 1.165) is 22.5 Å². The number of methoxy groups -OCH3 is 1. The molecule has 0 fully saturated rings. The third kappa shape index (κ3) is 3.44. The number of sulfonamides is 1. The van der Waals surface area contributed by atoms with Gasteiger partial charge in [-0.15, -0.1) is 0 Å². The van der Waals surface area contributed by atoms with Crippen LogP contribution in [0.2, 0.25) is 0 Å². The summed E-state index contributed by atoms with van der Waals surface area (Å²) in [5, 5.41) is 0. The lowest BCUT2D eigenvalue weighted by atomic mass is 10.1. The zero-order valence-corrected chi connectivity index (χ0v) is 16.3. The number of fused-ring (bicyclic) bond motifs is 1. The molecule has 0 saturated carbocycles. The average Bonchev–Trinajstić information content (AvgIpc) is 3.14. The molecule has 2 heterocycles. The van der Waals surface area contributed by atoms with Crippen molar-refractivity contribution < 1.29 is 13.2 Å². The Kier molecular flexibility index (Phi) is 4.52. The summed E-state index contributed by atoms with van der Waals surface area (Å²) in [6, 6.07) is 17.4. The molecule has 0 aliphatic heterocycles. The van der Waals surface area contributed by atoms with Gasteiger partial charge in [0.2, 0.25) is 0 Å². The molecule has 0 spiro atoms. The number of benzene rings is 2. The number of nitrogens with zero attached hydrogens (tertiary/aromatic N) is 2. The number of pyridine rings is 1. The predicted octanol–water partition coefficient (Wildman–Crippen LogP) is 4.12. The molecule has 0 amide bonds. The molecule has 4 aromatic rings. The fraction of sp³-hybridized carbons (Fsp3) is 0.0952. The van der Waals surface area contributed by atoms with Gasteiger partial charge in [-0.05, 0) is 55.0 Å². The van der Waals surface area contributed by atoms with Gasteiger partial charge in [-0.3, -0.25) is 4.72 Å². The number of aromatic nitrogens is 2. The maximum Gasteiger partial charge on any atom is 0.261 e. The van der Waals surface area contributed by atoms with Crippen molar-refractivity contribution in [3.8, 4) is 17.0 Å². The van der Waals surface area contributed by atoms with Gasteiger partial charge in [-0.25, -0.2) is 13.4 Å². The van der Waals surface area contributed by atoms with Crippen LogP contribution in [0.25, 0.3) is 16.9 Å². The smallest absolute Gasteiger partial charge is 0.261 e. The van der Waals surface area contributed by atoms with Crippen LogP contribution in [0.15, 0.2) is 78.0 Å². The van der Waals surface area contributed by atoms with Crippen molar-refractivity contribution in [1.82, 2.24) is 9.38 Å². The lowest BCUT2D eigenvalue weighted by molar-refractivity contribution is 0.414. The Labute approximate surface area is 163 Å². The quantitative estimate of drug-likeness (QED) is 0.554. The molecule has 1 N–H and O–H groups in total. The van der Waals surface area contributed by atoms with E-state index in [9.17, 15) is 8.42 Å². The highest BCUT2D eigenvalue weighted by Gasteiger charge is 2.14. The van der Waals surface area contributed by atoms with E-state index in [1.165, 1.54) is 19.2 Å². The summed E-state index contributed by atoms with van der Waals surface area (Å²) < 4.78 is 34.7. The average molecular weight is 393 g/mol. The number of imidazole rings is 1. The fourth-order valence-corrected chi connectivity index (χ4v) is 4.03. The Morgan fingerprint density at radius 3 is 2.36 bits per heavy atom. The van der Waals surface area contributed by atoms with Crippen molar-refractivity contribution in [3.63, 3.8) is 0 Å². The van der Waals surface area contributed by atoms with Crippen LogP contribution in [0.3, 0.4) is 0 Å². The molecule has 0 unspecified atom stereocenters. The number of hydrogen-bond acceptors (Lipinski definition) is 4. The van der Waals surface area contributed by atoms with Crippen molar-refractivity contribution >= 4 is 21.4 Å². The first-order chi connectivity index (χ1) is 13.5. The van der Waals surface area contributed by atoms with Gasteiger partial charge in [0.25, 0.3) is 10.0 Å². The zero-order chi connectivity index (χ0) is 19.7. The minimum Gasteiger partial charge on any atom is -0.497 e. The van der Waals surface area contributed by atoms with Gasteiger partial charge in [0, 0.05) is 23.6 Å². The minimum absolute atomic E-state index is 0.174. The molecule has 28 heavy (non-hydrogen) atoms. The van der Waals surface area contributed by atoms with E-state index in [1.54, 1.807) is 24.3 Å². The number of ether oxygens (including phenoxy) is 1. The third-order valence-electron chi connectivity index (χ3n) is 4.48. The van der Waals surface area contributed by atoms with E-state index < -0.39 is 10.0 Å². The van der Waals surface area contributed by atoms with E-state index in [-0.39, 0.29) is 4.90 Å². The molecular formula is C21H19N3O3S. The molecule has 0 atom stereocenters. The molecule has 0 bridgehead atoms. The second-order valence-corrected chi connectivity index (χ2v) is 8.09. The summed E-state index contributed by atoms with van der Waals surface area (Å²) in [6.45, 7) is 2.02. The molecule has 2 aromatic carbocycles. The molecule has 0 radical (unpaired) electrons. The third-order valence-corrected chi connectivity index (χ3v) is 5.88. The minimum atomic E-state index is -3.67. The van der Waals surface area contributed by atoms with E-state index in [0.29, 0.717) is 11.4 Å². The van der Waals surface area contributed by atoms with E-state index in [2.05, 4.69) is 9.71 Å². The van der Waals surface area contributed by atoms with Gasteiger partial charge in [0.1, 0.15) is 11.4 Å². The first kappa shape index (κ1) is 18.1. The Morgan fingerprint density at radius 1 is 1.00 bits per heavy atom. The van der Waals surface area contributed by atoms with Gasteiger partial charge in [-0.1, -0.05) is 18.2 Å². The van der Waals surface area contributed by atoms with Crippen LogP contribution in [-0.4, -0.2) is 24.9 Å². The van der Waals surface area contributed by atoms with Crippen molar-refractivity contribution in [2.24, 2.45) is 0 Å². The number of rotatable bonds is 5. The van der Waals surface area contributed by atoms with E-state index >= 15 is 0 Å². The molecule has 0 aliphatic rings. The van der Waals surface area contributed by atoms with Crippen LogP contribution in [0.5, 0.6) is 5.75 Å². The van der Waals surface area contributed by atoms with Crippen LogP contribution in [0, 0.1) is 6.92 Å². The predicted molar refractivity (Wildman–Crippen MR) is 109 cm³/mol. The highest BCUT2D eigenvalue weighted by Crippen LogP contribution is 2.24. The van der Waals surface area contributed by atoms with E-state index in [1.807, 2.05) is 48.0 Å². The Hall–Kier alpha value is -3.32. The van der Waals surface area contributed by atoms with Crippen molar-refractivity contribution in [3.05, 3.63) is 78.6 Å². The monoisotopic (exact) mass is 393 g/mol. The van der Waals surface area contributed by atoms with Gasteiger partial charge in [0.15, 0.2) is 0 Å². The largest absolute Gasteiger partial charge is 0.497 e. The van der Waals surface area contributed by atoms with E-state index in [4.69, 9.17) is 4.74 Å². The SMILES string of the molecule is COc1ccc(S(=O)(=O)Nc2ccc(-c3cn4cccc(C)c4n3)cc2)cc1. The van der Waals surface area contributed by atoms with Crippen molar-refractivity contribution in [2.45, 2.75) is 11.8 Å². The Bertz CT molecular complexity index is 1230. The Morgan fingerprint density at radius 2 is 1.71 bits per heavy atom. The van der Waals surface area contributed by atoms with Crippen LogP contribution in [0.1, 0.15) is 5.56 Å². The summed E-state index contributed by atoms with van der Waals surface area (Å²) in [5.41, 5.74) is 4.23. The lowest BCUT2D eigenvalue weighted by Gasteiger charge is -2.09. The summed E-state index contributed by atoms with van der Waals surface area (Å²) >= 11 is 0. The normalized spacial score (nSPS) is 11.5. The number of aryl methyl sites for hydroxylation is 1. The second kappa shape index (κ2) is 7.01. The van der Waals surface area contributed by atoms with Crippen LogP contribution in [0.4, 0.5) is 5.69 Å². The molecule has 2 aromatic heterocycles. The van der Waals surface area contributed by atoms with Gasteiger partial charge < -0.3 is 9.14 Å². The number of anilines is 1. The molecule has 0 saturated heterocycles. The summed E-state index contributed by atoms with van der Waals surface area (Å²) in [4.78, 5) is 4.84. The number of hydrogen-bond donors (Lipinski definition) is 1. The molecular weight excluding hydrogens is 374 g/mol. The van der Waals surface area contributed by atoms with Gasteiger partial charge in [-0.2, -0.15) is 0 Å². The van der Waals surface area contributed by atoms with Crippen LogP contribution in [-0.2, 0) is 10.0 Å². The highest BCUT2D eigenvalue weighted by molar-refractivity contribution is 7.92. The highest BCUT2D eigenvalue weighted by atomic mass is 32.2. The first-order valence-corrected chi connectivity index (χ1v) is 10.2.